The van der Waals surface area contributed by atoms with Gasteiger partial charge in [0, 0.05) is 11.1 Å². The van der Waals surface area contributed by atoms with Crippen LogP contribution in [0, 0.1) is 0 Å². The van der Waals surface area contributed by atoms with Crippen LogP contribution >= 0.6 is 8.25 Å². The fraction of sp³-hybridized carbons (Fsp3) is 0.385. The van der Waals surface area contributed by atoms with Crippen LogP contribution in [0.3, 0.4) is 0 Å². The van der Waals surface area contributed by atoms with E-state index < -0.39 is 20.0 Å². The number of benzene rings is 2. The number of rotatable bonds is 15. The van der Waals surface area contributed by atoms with Crippen molar-refractivity contribution >= 4 is 8.25 Å². The highest BCUT2D eigenvalue weighted by Gasteiger charge is 2.30. The average molecular weight is 524 g/mol. The minimum Gasteiger partial charge on any atom is -0.493 e. The van der Waals surface area contributed by atoms with Gasteiger partial charge in [0.05, 0.1) is 24.0 Å². The Kier molecular flexibility index (Phi) is 10.9. The highest BCUT2D eigenvalue weighted by atomic mass is 31.1. The predicted octanol–water partition coefficient (Wildman–Crippen LogP) is 6.90. The lowest BCUT2D eigenvalue weighted by atomic mass is 10.0. The summed E-state index contributed by atoms with van der Waals surface area (Å²) < 4.78 is 65.3. The first-order valence-electron chi connectivity index (χ1n) is 11.8. The summed E-state index contributed by atoms with van der Waals surface area (Å²) in [6.45, 7) is 1.94. The molecule has 10 heteroatoms. The van der Waals surface area contributed by atoms with Gasteiger partial charge in [0.1, 0.15) is 18.1 Å². The molecule has 1 unspecified atom stereocenters. The summed E-state index contributed by atoms with van der Waals surface area (Å²) in [5.74, 6) is 1.39. The quantitative estimate of drug-likeness (QED) is 0.166. The molecule has 0 aliphatic carbocycles. The number of hydrogen-bond donors (Lipinski definition) is 2. The Labute approximate surface area is 209 Å². The van der Waals surface area contributed by atoms with Gasteiger partial charge in [0.2, 0.25) is 0 Å². The summed E-state index contributed by atoms with van der Waals surface area (Å²) in [6, 6.07) is 15.0. The molecule has 0 radical (unpaired) electrons. The fourth-order valence-corrected chi connectivity index (χ4v) is 3.99. The zero-order valence-corrected chi connectivity index (χ0v) is 20.7. The van der Waals surface area contributed by atoms with Gasteiger partial charge < -0.3 is 14.5 Å². The summed E-state index contributed by atoms with van der Waals surface area (Å²) in [7, 11) is -2.56. The van der Waals surface area contributed by atoms with Crippen molar-refractivity contribution in [2.45, 2.75) is 44.8 Å². The van der Waals surface area contributed by atoms with Gasteiger partial charge in [-0.25, -0.2) is 0 Å². The summed E-state index contributed by atoms with van der Waals surface area (Å²) in [6.07, 6.45) is 0.878. The standard InChI is InChI=1S/C26H29F3NO5P/c27-26(28,29)22-9-4-8-20(17-22)7-2-1-3-14-33-25-12-11-21(18-23(25)24-10-5-15-34-24)19-30-13-6-16-35-36(31)32/h4-5,8-12,15,17-18,30H,1-3,6-7,13-14,16,19H2/p+1. The Bertz CT molecular complexity index is 1090. The van der Waals surface area contributed by atoms with E-state index >= 15 is 0 Å². The molecule has 6 nitrogen and oxygen atoms in total. The highest BCUT2D eigenvalue weighted by Crippen LogP contribution is 2.32. The van der Waals surface area contributed by atoms with Crippen molar-refractivity contribution in [1.29, 1.82) is 0 Å². The minimum absolute atomic E-state index is 0.211. The molecular formula is C26H30F3NO5P+. The summed E-state index contributed by atoms with van der Waals surface area (Å²) in [5, 5.41) is 3.27. The van der Waals surface area contributed by atoms with Crippen LogP contribution in [0.25, 0.3) is 11.3 Å². The predicted molar refractivity (Wildman–Crippen MR) is 131 cm³/mol. The molecule has 2 aromatic carbocycles. The molecule has 3 aromatic rings. The van der Waals surface area contributed by atoms with Crippen molar-refractivity contribution in [1.82, 2.24) is 5.32 Å². The second-order valence-electron chi connectivity index (χ2n) is 8.27. The first kappa shape index (κ1) is 27.9. The zero-order chi connectivity index (χ0) is 25.8. The molecule has 3 rings (SSSR count). The molecule has 36 heavy (non-hydrogen) atoms. The van der Waals surface area contributed by atoms with E-state index in [1.807, 2.05) is 30.3 Å². The molecule has 0 saturated carbocycles. The molecule has 0 bridgehead atoms. The summed E-state index contributed by atoms with van der Waals surface area (Å²) in [4.78, 5) is 8.63. The molecule has 1 aromatic heterocycles. The molecule has 0 amide bonds. The average Bonchev–Trinajstić information content (AvgIpc) is 3.38. The highest BCUT2D eigenvalue weighted by molar-refractivity contribution is 7.32. The van der Waals surface area contributed by atoms with Crippen LogP contribution in [-0.2, 0) is 28.2 Å². The van der Waals surface area contributed by atoms with Crippen molar-refractivity contribution in [2.24, 2.45) is 0 Å². The van der Waals surface area contributed by atoms with Crippen LogP contribution in [0.15, 0.2) is 65.3 Å². The molecule has 1 atom stereocenters. The summed E-state index contributed by atoms with van der Waals surface area (Å²) in [5.41, 5.74) is 1.94. The first-order chi connectivity index (χ1) is 17.3. The topological polar surface area (TPSA) is 80.9 Å². The van der Waals surface area contributed by atoms with Crippen molar-refractivity contribution < 1.29 is 36.3 Å². The molecular weight excluding hydrogens is 494 g/mol. The largest absolute Gasteiger partial charge is 0.694 e. The van der Waals surface area contributed by atoms with Crippen LogP contribution in [0.1, 0.15) is 42.4 Å². The molecule has 0 aliphatic rings. The number of hydrogen-bond acceptors (Lipinski definition) is 5. The number of aryl methyl sites for hydroxylation is 1. The van der Waals surface area contributed by atoms with Crippen molar-refractivity contribution in [3.05, 3.63) is 77.6 Å². The van der Waals surface area contributed by atoms with Crippen LogP contribution < -0.4 is 10.1 Å². The number of halogens is 3. The van der Waals surface area contributed by atoms with Gasteiger partial charge in [0.15, 0.2) is 0 Å². The van der Waals surface area contributed by atoms with Crippen molar-refractivity contribution in [3.8, 4) is 17.1 Å². The molecule has 0 spiro atoms. The van der Waals surface area contributed by atoms with Crippen LogP contribution in [-0.4, -0.2) is 24.7 Å². The van der Waals surface area contributed by atoms with Gasteiger partial charge >= 0.3 is 14.4 Å². The number of alkyl halides is 3. The SMILES string of the molecule is O=[P+](O)OCCCNCc1ccc(OCCCCCc2cccc(C(F)(F)F)c2)c(-c2ccco2)c1. The van der Waals surface area contributed by atoms with Crippen molar-refractivity contribution in [2.75, 3.05) is 19.8 Å². The lowest BCUT2D eigenvalue weighted by molar-refractivity contribution is -0.137. The Morgan fingerprint density at radius 2 is 1.81 bits per heavy atom. The molecule has 0 fully saturated rings. The third-order valence-corrected chi connectivity index (χ3v) is 5.88. The normalized spacial score (nSPS) is 12.1. The van der Waals surface area contributed by atoms with Gasteiger partial charge in [0.25, 0.3) is 0 Å². The van der Waals surface area contributed by atoms with E-state index in [1.165, 1.54) is 12.1 Å². The number of nitrogens with one attached hydrogen (secondary N) is 1. The van der Waals surface area contributed by atoms with E-state index in [0.717, 1.165) is 36.5 Å². The van der Waals surface area contributed by atoms with Crippen LogP contribution in [0.4, 0.5) is 13.2 Å². The van der Waals surface area contributed by atoms with E-state index in [4.69, 9.17) is 14.0 Å². The van der Waals surface area contributed by atoms with Gasteiger partial charge in [-0.05, 0) is 80.1 Å². The summed E-state index contributed by atoms with van der Waals surface area (Å²) >= 11 is 0. The third kappa shape index (κ3) is 9.39. The Hall–Kier alpha value is -2.71. The lowest BCUT2D eigenvalue weighted by Gasteiger charge is -2.13. The number of unbranched alkanes of at least 4 members (excludes halogenated alkanes) is 2. The Morgan fingerprint density at radius 3 is 2.56 bits per heavy atom. The molecule has 0 aliphatic heterocycles. The molecule has 194 valence electrons. The third-order valence-electron chi connectivity index (χ3n) is 5.48. The lowest BCUT2D eigenvalue weighted by Crippen LogP contribution is -2.16. The van der Waals surface area contributed by atoms with E-state index in [1.54, 1.807) is 12.3 Å². The second kappa shape index (κ2) is 14.1. The van der Waals surface area contributed by atoms with E-state index in [-0.39, 0.29) is 6.61 Å². The van der Waals surface area contributed by atoms with Gasteiger partial charge in [-0.15, -0.1) is 9.42 Å². The molecule has 2 N–H and O–H groups in total. The Balaban J connectivity index is 1.45. The molecule has 1 heterocycles. The van der Waals surface area contributed by atoms with E-state index in [0.29, 0.717) is 49.6 Å². The van der Waals surface area contributed by atoms with E-state index in [9.17, 15) is 17.7 Å². The first-order valence-corrected chi connectivity index (χ1v) is 12.9. The number of ether oxygens (including phenoxy) is 1. The fourth-order valence-electron chi connectivity index (χ4n) is 3.70. The maximum atomic E-state index is 12.9. The van der Waals surface area contributed by atoms with Gasteiger partial charge in [-0.3, -0.25) is 0 Å². The van der Waals surface area contributed by atoms with Gasteiger partial charge in [-0.1, -0.05) is 24.3 Å². The molecule has 0 saturated heterocycles. The van der Waals surface area contributed by atoms with E-state index in [2.05, 4.69) is 9.84 Å². The maximum absolute atomic E-state index is 12.9. The smallest absolute Gasteiger partial charge is 0.493 e. The van der Waals surface area contributed by atoms with Crippen molar-refractivity contribution in [3.63, 3.8) is 0 Å². The number of furan rings is 1. The maximum Gasteiger partial charge on any atom is 0.694 e. The second-order valence-corrected chi connectivity index (χ2v) is 9.00. The minimum atomic E-state index is -4.32. The monoisotopic (exact) mass is 524 g/mol. The van der Waals surface area contributed by atoms with Crippen LogP contribution in [0.5, 0.6) is 5.75 Å². The Morgan fingerprint density at radius 1 is 0.944 bits per heavy atom. The van der Waals surface area contributed by atoms with Crippen LogP contribution in [0.2, 0.25) is 0 Å². The zero-order valence-electron chi connectivity index (χ0n) is 19.8. The van der Waals surface area contributed by atoms with Gasteiger partial charge in [-0.2, -0.15) is 13.2 Å².